The van der Waals surface area contributed by atoms with Crippen molar-refractivity contribution < 1.29 is 22.7 Å². The number of carbonyl (C=O) groups is 1. The Bertz CT molecular complexity index is 1570. The van der Waals surface area contributed by atoms with Crippen molar-refractivity contribution in [2.75, 3.05) is 5.43 Å². The molecule has 0 atom stereocenters. The Labute approximate surface area is 207 Å². The van der Waals surface area contributed by atoms with Gasteiger partial charge in [-0.25, -0.2) is 10.4 Å². The second-order valence-electron chi connectivity index (χ2n) is 7.71. The number of rotatable bonds is 5. The summed E-state index contributed by atoms with van der Waals surface area (Å²) in [5.41, 5.74) is 5.50. The van der Waals surface area contributed by atoms with Crippen molar-refractivity contribution in [3.8, 4) is 28.3 Å². The lowest BCUT2D eigenvalue weighted by molar-refractivity contribution is -0.274. The summed E-state index contributed by atoms with van der Waals surface area (Å²) < 4.78 is 42.5. The molecule has 0 radical (unpaired) electrons. The van der Waals surface area contributed by atoms with Crippen molar-refractivity contribution in [2.45, 2.75) is 6.36 Å². The van der Waals surface area contributed by atoms with Gasteiger partial charge in [-0.3, -0.25) is 4.79 Å². The molecule has 0 bridgehead atoms. The van der Waals surface area contributed by atoms with Crippen molar-refractivity contribution in [3.63, 3.8) is 0 Å². The minimum Gasteiger partial charge on any atom is -0.406 e. The van der Waals surface area contributed by atoms with Gasteiger partial charge in [0.25, 0.3) is 5.91 Å². The number of hydrogen-bond donors (Lipinski definition) is 1. The molecule has 5 aromatic rings. The summed E-state index contributed by atoms with van der Waals surface area (Å²) in [6.45, 7) is 0. The molecule has 3 aromatic carbocycles. The van der Waals surface area contributed by atoms with Gasteiger partial charge < -0.3 is 4.74 Å². The molecule has 1 amide bonds. The molecule has 36 heavy (non-hydrogen) atoms. The minimum atomic E-state index is -4.88. The van der Waals surface area contributed by atoms with Crippen molar-refractivity contribution in [1.82, 2.24) is 14.9 Å². The number of alkyl halides is 3. The van der Waals surface area contributed by atoms with Crippen molar-refractivity contribution >= 4 is 28.4 Å². The summed E-state index contributed by atoms with van der Waals surface area (Å²) >= 11 is 6.24. The summed E-state index contributed by atoms with van der Waals surface area (Å²) in [4.78, 5) is 19.1. The quantitative estimate of drug-likeness (QED) is 0.287. The molecule has 0 fully saturated rings. The van der Waals surface area contributed by atoms with E-state index in [0.717, 1.165) is 17.7 Å². The molecule has 0 saturated heterocycles. The van der Waals surface area contributed by atoms with Crippen LogP contribution >= 0.6 is 11.6 Å². The van der Waals surface area contributed by atoms with E-state index in [1.165, 1.54) is 23.1 Å². The molecule has 0 aliphatic rings. The zero-order valence-electron chi connectivity index (χ0n) is 18.3. The Balaban J connectivity index is 1.55. The van der Waals surface area contributed by atoms with E-state index in [1.54, 1.807) is 24.3 Å². The monoisotopic (exact) mass is 508 g/mol. The molecule has 0 saturated carbocycles. The maximum atomic E-state index is 13.3. The van der Waals surface area contributed by atoms with Crippen LogP contribution in [0.4, 0.5) is 13.2 Å². The molecule has 0 spiro atoms. The maximum absolute atomic E-state index is 13.3. The maximum Gasteiger partial charge on any atom is 0.573 e. The third-order valence-electron chi connectivity index (χ3n) is 5.28. The number of hydrogen-bond acceptors (Lipinski definition) is 4. The van der Waals surface area contributed by atoms with Gasteiger partial charge in [0, 0.05) is 22.7 Å². The van der Waals surface area contributed by atoms with Crippen molar-refractivity contribution in [1.29, 1.82) is 0 Å². The number of pyridine rings is 1. The number of ether oxygens (including phenoxy) is 1. The Hall–Kier alpha value is -4.37. The van der Waals surface area contributed by atoms with E-state index in [-0.39, 0.29) is 10.9 Å². The van der Waals surface area contributed by atoms with E-state index in [2.05, 4.69) is 20.2 Å². The van der Waals surface area contributed by atoms with Crippen LogP contribution in [0.1, 0.15) is 10.4 Å². The van der Waals surface area contributed by atoms with E-state index in [4.69, 9.17) is 11.6 Å². The average molecular weight is 509 g/mol. The Morgan fingerprint density at radius 1 is 0.917 bits per heavy atom. The predicted octanol–water partition coefficient (Wildman–Crippen LogP) is 6.70. The molecule has 10 heteroatoms. The number of halogens is 4. The zero-order valence-corrected chi connectivity index (χ0v) is 19.1. The number of benzene rings is 3. The van der Waals surface area contributed by atoms with Gasteiger partial charge in [0.05, 0.1) is 27.5 Å². The van der Waals surface area contributed by atoms with E-state index in [0.29, 0.717) is 27.5 Å². The highest BCUT2D eigenvalue weighted by Crippen LogP contribution is 2.31. The topological polar surface area (TPSA) is 69.0 Å². The largest absolute Gasteiger partial charge is 0.573 e. The first-order chi connectivity index (χ1) is 17.3. The van der Waals surface area contributed by atoms with Crippen LogP contribution < -0.4 is 10.2 Å². The van der Waals surface area contributed by atoms with E-state index >= 15 is 0 Å². The lowest BCUT2D eigenvalue weighted by Crippen LogP contribution is -2.24. The third kappa shape index (κ3) is 5.01. The normalized spacial score (nSPS) is 11.4. The molecule has 1 N–H and O–H groups in total. The highest BCUT2D eigenvalue weighted by atomic mass is 35.5. The average Bonchev–Trinajstić information content (AvgIpc) is 3.31. The van der Waals surface area contributed by atoms with Gasteiger partial charge in [-0.05, 0) is 36.4 Å². The Morgan fingerprint density at radius 3 is 2.42 bits per heavy atom. The Morgan fingerprint density at radius 2 is 1.67 bits per heavy atom. The molecular formula is C26H16ClF3N4O2. The summed E-state index contributed by atoms with van der Waals surface area (Å²) in [5.74, 6) is -1.06. The number of nitrogens with zero attached hydrogens (tertiary/aromatic N) is 3. The third-order valence-corrected chi connectivity index (χ3v) is 5.61. The smallest absolute Gasteiger partial charge is 0.406 e. The van der Waals surface area contributed by atoms with Gasteiger partial charge >= 0.3 is 6.36 Å². The second-order valence-corrected chi connectivity index (χ2v) is 8.12. The fourth-order valence-electron chi connectivity index (χ4n) is 3.71. The molecule has 0 unspecified atom stereocenters. The standard InChI is InChI=1S/C26H16ClF3N4O2/c27-21-9-5-4-8-18(21)23-12-13-34(32-23)33-25(35)20-15-24(16-6-2-1-3-7-16)31-22-11-10-17(14-19(20)22)36-26(28,29)30/h1-15H,(H,33,35). The number of amides is 1. The van der Waals surface area contributed by atoms with Crippen LogP contribution in [0.25, 0.3) is 33.4 Å². The number of nitrogens with one attached hydrogen (secondary N) is 1. The van der Waals surface area contributed by atoms with Crippen LogP contribution in [0.15, 0.2) is 91.1 Å². The molecule has 0 aliphatic carbocycles. The van der Waals surface area contributed by atoms with Crippen LogP contribution in [0, 0.1) is 0 Å². The van der Waals surface area contributed by atoms with Gasteiger partial charge in [0.1, 0.15) is 5.75 Å². The fourth-order valence-corrected chi connectivity index (χ4v) is 3.94. The minimum absolute atomic E-state index is 0.0984. The van der Waals surface area contributed by atoms with Gasteiger partial charge in [-0.15, -0.1) is 13.2 Å². The van der Waals surface area contributed by atoms with Gasteiger partial charge in [0.2, 0.25) is 0 Å². The van der Waals surface area contributed by atoms with E-state index in [9.17, 15) is 18.0 Å². The molecule has 6 nitrogen and oxygen atoms in total. The first-order valence-corrected chi connectivity index (χ1v) is 11.0. The van der Waals surface area contributed by atoms with Gasteiger partial charge in [0.15, 0.2) is 0 Å². The second kappa shape index (κ2) is 9.35. The molecule has 0 aliphatic heterocycles. The van der Waals surface area contributed by atoms with Gasteiger partial charge in [-0.1, -0.05) is 60.1 Å². The molecule has 2 heterocycles. The van der Waals surface area contributed by atoms with Crippen LogP contribution in [0.5, 0.6) is 5.75 Å². The Kier molecular flexibility index (Phi) is 6.07. The zero-order chi connectivity index (χ0) is 25.3. The first kappa shape index (κ1) is 23.4. The van der Waals surface area contributed by atoms with E-state index < -0.39 is 18.0 Å². The van der Waals surface area contributed by atoms with Crippen LogP contribution in [-0.2, 0) is 0 Å². The highest BCUT2D eigenvalue weighted by Gasteiger charge is 2.31. The molecule has 180 valence electrons. The molecule has 5 rings (SSSR count). The van der Waals surface area contributed by atoms with Crippen LogP contribution in [0.3, 0.4) is 0 Å². The summed E-state index contributed by atoms with van der Waals surface area (Å²) in [7, 11) is 0. The molecule has 2 aromatic heterocycles. The summed E-state index contributed by atoms with van der Waals surface area (Å²) in [6.07, 6.45) is -3.34. The number of fused-ring (bicyclic) bond motifs is 1. The SMILES string of the molecule is O=C(Nn1ccc(-c2ccccc2Cl)n1)c1cc(-c2ccccc2)nc2ccc(OC(F)(F)F)cc12. The van der Waals surface area contributed by atoms with E-state index in [1.807, 2.05) is 36.4 Å². The van der Waals surface area contributed by atoms with Crippen LogP contribution in [0.2, 0.25) is 5.02 Å². The lowest BCUT2D eigenvalue weighted by Gasteiger charge is -2.13. The fraction of sp³-hybridized carbons (Fsp3) is 0.0385. The van der Waals surface area contributed by atoms with Gasteiger partial charge in [-0.2, -0.15) is 9.89 Å². The first-order valence-electron chi connectivity index (χ1n) is 10.6. The number of aromatic nitrogens is 3. The predicted molar refractivity (Wildman–Crippen MR) is 130 cm³/mol. The van der Waals surface area contributed by atoms with Crippen LogP contribution in [-0.4, -0.2) is 27.1 Å². The highest BCUT2D eigenvalue weighted by molar-refractivity contribution is 6.33. The van der Waals surface area contributed by atoms with Crippen molar-refractivity contribution in [2.24, 2.45) is 0 Å². The summed E-state index contributed by atoms with van der Waals surface area (Å²) in [5, 5.41) is 5.03. The molecular weight excluding hydrogens is 493 g/mol. The summed E-state index contributed by atoms with van der Waals surface area (Å²) in [6, 6.07) is 23.1. The van der Waals surface area contributed by atoms with Crippen molar-refractivity contribution in [3.05, 3.63) is 102 Å². The number of carbonyl (C=O) groups excluding carboxylic acids is 1. The lowest BCUT2D eigenvalue weighted by atomic mass is 10.0.